The minimum atomic E-state index is -0.843. The number of aromatic nitrogens is 1. The Bertz CT molecular complexity index is 448. The molecule has 1 aliphatic rings. The molecule has 4 nitrogen and oxygen atoms in total. The van der Waals surface area contributed by atoms with Crippen LogP contribution in [0.25, 0.3) is 0 Å². The molecule has 0 spiro atoms. The summed E-state index contributed by atoms with van der Waals surface area (Å²) in [5.74, 6) is -0.843. The molecular weight excluding hydrogens is 343 g/mol. The minimum Gasteiger partial charge on any atom is -0.477 e. The Hall–Kier alpha value is -0.560. The standard InChI is InChI=1S/C13H19IN2O2/c1-15(2)13(5-3-4-6-13)9-16-8-10(14)7-11(16)12(17)18/h7-8H,3-6,9H2,1-2H3,(H,17,18). The molecule has 1 saturated carbocycles. The summed E-state index contributed by atoms with van der Waals surface area (Å²) in [6.45, 7) is 0.768. The molecule has 2 rings (SSSR count). The maximum atomic E-state index is 11.2. The first-order chi connectivity index (χ1) is 8.44. The summed E-state index contributed by atoms with van der Waals surface area (Å²) in [5.41, 5.74) is 0.513. The van der Waals surface area contributed by atoms with Gasteiger partial charge in [0.15, 0.2) is 0 Å². The van der Waals surface area contributed by atoms with Gasteiger partial charge in [0.1, 0.15) is 5.69 Å². The van der Waals surface area contributed by atoms with Crippen LogP contribution in [-0.4, -0.2) is 40.2 Å². The van der Waals surface area contributed by atoms with Gasteiger partial charge < -0.3 is 14.6 Å². The van der Waals surface area contributed by atoms with E-state index in [4.69, 9.17) is 0 Å². The van der Waals surface area contributed by atoms with Crippen LogP contribution in [0, 0.1) is 3.57 Å². The average Bonchev–Trinajstić information content (AvgIpc) is 2.86. The van der Waals surface area contributed by atoms with Gasteiger partial charge in [-0.05, 0) is 55.6 Å². The largest absolute Gasteiger partial charge is 0.477 e. The first-order valence-electron chi connectivity index (χ1n) is 6.21. The van der Waals surface area contributed by atoms with Crippen LogP contribution in [0.1, 0.15) is 36.2 Å². The summed E-state index contributed by atoms with van der Waals surface area (Å²) in [6, 6.07) is 1.74. The lowest BCUT2D eigenvalue weighted by Gasteiger charge is -2.37. The second-order valence-corrected chi connectivity index (χ2v) is 6.55. The molecule has 0 bridgehead atoms. The minimum absolute atomic E-state index is 0.117. The highest BCUT2D eigenvalue weighted by atomic mass is 127. The van der Waals surface area contributed by atoms with Crippen LogP contribution in [0.3, 0.4) is 0 Å². The second-order valence-electron chi connectivity index (χ2n) is 5.30. The van der Waals surface area contributed by atoms with Gasteiger partial charge in [-0.1, -0.05) is 12.8 Å². The Morgan fingerprint density at radius 2 is 2.11 bits per heavy atom. The predicted octanol–water partition coefficient (Wildman–Crippen LogP) is 2.67. The van der Waals surface area contributed by atoms with Crippen LogP contribution in [0.5, 0.6) is 0 Å². The van der Waals surface area contributed by atoms with Crippen molar-refractivity contribution in [2.45, 2.75) is 37.8 Å². The van der Waals surface area contributed by atoms with E-state index < -0.39 is 5.97 Å². The summed E-state index contributed by atoms with van der Waals surface area (Å²) >= 11 is 2.17. The predicted molar refractivity (Wildman–Crippen MR) is 79.0 cm³/mol. The summed E-state index contributed by atoms with van der Waals surface area (Å²) in [4.78, 5) is 13.5. The third-order valence-corrected chi connectivity index (χ3v) is 4.62. The molecule has 5 heteroatoms. The van der Waals surface area contributed by atoms with Crippen molar-refractivity contribution in [3.8, 4) is 0 Å². The molecule has 0 aliphatic heterocycles. The highest BCUT2D eigenvalue weighted by molar-refractivity contribution is 14.1. The number of carbonyl (C=O) groups is 1. The molecule has 100 valence electrons. The second kappa shape index (κ2) is 5.21. The molecule has 1 heterocycles. The highest BCUT2D eigenvalue weighted by Crippen LogP contribution is 2.35. The van der Waals surface area contributed by atoms with Crippen molar-refractivity contribution in [2.24, 2.45) is 0 Å². The lowest BCUT2D eigenvalue weighted by Crippen LogP contribution is -2.45. The molecule has 0 atom stereocenters. The summed E-state index contributed by atoms with van der Waals surface area (Å²) in [7, 11) is 4.19. The van der Waals surface area contributed by atoms with Crippen molar-refractivity contribution < 1.29 is 9.90 Å². The molecule has 1 N–H and O–H groups in total. The maximum Gasteiger partial charge on any atom is 0.352 e. The van der Waals surface area contributed by atoms with Crippen molar-refractivity contribution >= 4 is 28.6 Å². The van der Waals surface area contributed by atoms with Gasteiger partial charge >= 0.3 is 5.97 Å². The van der Waals surface area contributed by atoms with E-state index >= 15 is 0 Å². The number of nitrogens with zero attached hydrogens (tertiary/aromatic N) is 2. The van der Waals surface area contributed by atoms with E-state index in [-0.39, 0.29) is 5.54 Å². The molecule has 0 aromatic carbocycles. The van der Waals surface area contributed by atoms with E-state index in [1.807, 2.05) is 10.8 Å². The number of rotatable bonds is 4. The number of likely N-dealkylation sites (N-methyl/N-ethyl adjacent to an activating group) is 1. The third kappa shape index (κ3) is 2.56. The van der Waals surface area contributed by atoms with Crippen molar-refractivity contribution in [2.75, 3.05) is 14.1 Å². The Morgan fingerprint density at radius 1 is 1.50 bits per heavy atom. The van der Waals surface area contributed by atoms with Crippen LogP contribution in [0.15, 0.2) is 12.3 Å². The van der Waals surface area contributed by atoms with Gasteiger partial charge in [-0.3, -0.25) is 0 Å². The lowest BCUT2D eigenvalue weighted by atomic mass is 9.96. The van der Waals surface area contributed by atoms with E-state index in [0.717, 1.165) is 23.0 Å². The van der Waals surface area contributed by atoms with Crippen LogP contribution >= 0.6 is 22.6 Å². The van der Waals surface area contributed by atoms with Crippen molar-refractivity contribution in [3.63, 3.8) is 0 Å². The van der Waals surface area contributed by atoms with E-state index in [1.165, 1.54) is 12.8 Å². The van der Waals surface area contributed by atoms with Crippen LogP contribution in [0.4, 0.5) is 0 Å². The van der Waals surface area contributed by atoms with Gasteiger partial charge in [0.25, 0.3) is 0 Å². The fourth-order valence-corrected chi connectivity index (χ4v) is 3.51. The van der Waals surface area contributed by atoms with Gasteiger partial charge in [0.2, 0.25) is 0 Å². The van der Waals surface area contributed by atoms with Crippen LogP contribution in [0.2, 0.25) is 0 Å². The van der Waals surface area contributed by atoms with E-state index in [2.05, 4.69) is 41.6 Å². The van der Waals surface area contributed by atoms with Crippen LogP contribution in [-0.2, 0) is 6.54 Å². The summed E-state index contributed by atoms with van der Waals surface area (Å²) in [5, 5.41) is 9.24. The fraction of sp³-hybridized carbons (Fsp3) is 0.615. The number of hydrogen-bond acceptors (Lipinski definition) is 2. The first-order valence-corrected chi connectivity index (χ1v) is 7.29. The first kappa shape index (κ1) is 13.9. The number of hydrogen-bond donors (Lipinski definition) is 1. The van der Waals surface area contributed by atoms with Gasteiger partial charge in [-0.2, -0.15) is 0 Å². The molecule has 1 fully saturated rings. The molecule has 1 aromatic rings. The van der Waals surface area contributed by atoms with Crippen molar-refractivity contribution in [1.29, 1.82) is 0 Å². The average molecular weight is 362 g/mol. The third-order valence-electron chi connectivity index (χ3n) is 4.03. The topological polar surface area (TPSA) is 45.5 Å². The normalized spacial score (nSPS) is 18.4. The lowest BCUT2D eigenvalue weighted by molar-refractivity contribution is 0.0675. The molecule has 0 unspecified atom stereocenters. The fourth-order valence-electron chi connectivity index (χ4n) is 2.88. The summed E-state index contributed by atoms with van der Waals surface area (Å²) < 4.78 is 2.88. The smallest absolute Gasteiger partial charge is 0.352 e. The molecule has 0 radical (unpaired) electrons. The number of halogens is 1. The summed E-state index contributed by atoms with van der Waals surface area (Å²) in [6.07, 6.45) is 6.70. The number of carboxylic acid groups (broad SMARTS) is 1. The SMILES string of the molecule is CN(C)C1(Cn2cc(I)cc2C(=O)O)CCCC1. The monoisotopic (exact) mass is 362 g/mol. The zero-order chi connectivity index (χ0) is 13.3. The van der Waals surface area contributed by atoms with Gasteiger partial charge in [-0.25, -0.2) is 4.79 Å². The Labute approximate surface area is 121 Å². The molecule has 0 saturated heterocycles. The van der Waals surface area contributed by atoms with Gasteiger partial charge in [-0.15, -0.1) is 0 Å². The zero-order valence-corrected chi connectivity index (χ0v) is 13.0. The molecule has 1 aliphatic carbocycles. The Morgan fingerprint density at radius 3 is 2.61 bits per heavy atom. The van der Waals surface area contributed by atoms with Crippen molar-refractivity contribution in [1.82, 2.24) is 9.47 Å². The zero-order valence-electron chi connectivity index (χ0n) is 10.8. The number of carboxylic acids is 1. The van der Waals surface area contributed by atoms with Crippen LogP contribution < -0.4 is 0 Å². The molecule has 0 amide bonds. The molecule has 1 aromatic heterocycles. The molecular formula is C13H19IN2O2. The molecule has 18 heavy (non-hydrogen) atoms. The van der Waals surface area contributed by atoms with E-state index in [0.29, 0.717) is 5.69 Å². The Balaban J connectivity index is 2.29. The van der Waals surface area contributed by atoms with Gasteiger partial charge in [0.05, 0.1) is 0 Å². The number of aromatic carboxylic acids is 1. The van der Waals surface area contributed by atoms with Crippen molar-refractivity contribution in [3.05, 3.63) is 21.5 Å². The Kier molecular flexibility index (Phi) is 4.01. The van der Waals surface area contributed by atoms with Gasteiger partial charge in [0, 0.05) is 21.9 Å². The quantitative estimate of drug-likeness (QED) is 0.838. The van der Waals surface area contributed by atoms with E-state index in [1.54, 1.807) is 6.07 Å². The highest BCUT2D eigenvalue weighted by Gasteiger charge is 2.37. The maximum absolute atomic E-state index is 11.2. The van der Waals surface area contributed by atoms with E-state index in [9.17, 15) is 9.90 Å².